The summed E-state index contributed by atoms with van der Waals surface area (Å²) in [6, 6.07) is 8.92. The average Bonchev–Trinajstić information content (AvgIpc) is 3.05. The number of aliphatic imine (C=N–C) groups is 1. The molecule has 1 amide bonds. The zero-order valence-electron chi connectivity index (χ0n) is 17.3. The van der Waals surface area contributed by atoms with Gasteiger partial charge in [0.05, 0.1) is 5.02 Å². The zero-order valence-corrected chi connectivity index (χ0v) is 18.0. The van der Waals surface area contributed by atoms with Gasteiger partial charge in [0, 0.05) is 68.2 Å². The third-order valence-corrected chi connectivity index (χ3v) is 5.72. The van der Waals surface area contributed by atoms with Crippen molar-refractivity contribution in [2.45, 2.75) is 13.0 Å². The number of hydrogen-bond acceptors (Lipinski definition) is 5. The van der Waals surface area contributed by atoms with Crippen molar-refractivity contribution in [3.63, 3.8) is 0 Å². The number of carbonyl (C=O) groups excluding carboxylic acids is 1. The summed E-state index contributed by atoms with van der Waals surface area (Å²) < 4.78 is 19.6. The summed E-state index contributed by atoms with van der Waals surface area (Å²) in [5.74, 6) is 0.486. The van der Waals surface area contributed by atoms with Crippen LogP contribution >= 0.6 is 11.6 Å². The van der Waals surface area contributed by atoms with E-state index in [-0.39, 0.29) is 5.82 Å². The Morgan fingerprint density at radius 2 is 2.16 bits per heavy atom. The van der Waals surface area contributed by atoms with E-state index in [1.807, 2.05) is 12.1 Å². The molecule has 2 aromatic rings. The van der Waals surface area contributed by atoms with Crippen LogP contribution in [0.15, 0.2) is 47.1 Å². The molecule has 0 fully saturated rings. The monoisotopic (exact) mass is 442 g/mol. The van der Waals surface area contributed by atoms with Crippen molar-refractivity contribution in [2.24, 2.45) is 4.99 Å². The predicted molar refractivity (Wildman–Crippen MR) is 121 cm³/mol. The SMILES string of the molecule is CN=C/C(=C\NC=O)CN1CCOc2c(Cl)cc(N3CCc4cc(F)ccc43)cc2C1. The Labute approximate surface area is 186 Å². The van der Waals surface area contributed by atoms with Crippen molar-refractivity contribution >= 4 is 35.6 Å². The van der Waals surface area contributed by atoms with Gasteiger partial charge in [0.2, 0.25) is 6.41 Å². The summed E-state index contributed by atoms with van der Waals surface area (Å²) in [4.78, 5) is 19.1. The van der Waals surface area contributed by atoms with Crippen LogP contribution in [-0.2, 0) is 17.8 Å². The van der Waals surface area contributed by atoms with Crippen molar-refractivity contribution in [3.05, 3.63) is 64.1 Å². The van der Waals surface area contributed by atoms with Crippen molar-refractivity contribution in [1.82, 2.24) is 10.2 Å². The second kappa shape index (κ2) is 9.49. The maximum atomic E-state index is 13.6. The molecule has 2 aliphatic heterocycles. The summed E-state index contributed by atoms with van der Waals surface area (Å²) >= 11 is 6.61. The summed E-state index contributed by atoms with van der Waals surface area (Å²) in [5.41, 5.74) is 4.85. The van der Waals surface area contributed by atoms with Gasteiger partial charge in [-0.25, -0.2) is 4.39 Å². The lowest BCUT2D eigenvalue weighted by molar-refractivity contribution is -0.108. The van der Waals surface area contributed by atoms with Crippen LogP contribution < -0.4 is 15.0 Å². The zero-order chi connectivity index (χ0) is 21.8. The Balaban J connectivity index is 1.61. The number of nitrogens with zero attached hydrogens (tertiary/aromatic N) is 3. The van der Waals surface area contributed by atoms with Crippen LogP contribution in [0.2, 0.25) is 5.02 Å². The molecule has 0 saturated heterocycles. The fourth-order valence-corrected chi connectivity index (χ4v) is 4.42. The molecule has 0 atom stereocenters. The molecular weight excluding hydrogens is 419 g/mol. The smallest absolute Gasteiger partial charge is 0.211 e. The number of hydrogen-bond donors (Lipinski definition) is 1. The second-order valence-electron chi connectivity index (χ2n) is 7.54. The Kier molecular flexibility index (Phi) is 6.53. The van der Waals surface area contributed by atoms with Gasteiger partial charge < -0.3 is 15.0 Å². The molecule has 162 valence electrons. The van der Waals surface area contributed by atoms with Crippen LogP contribution in [0.25, 0.3) is 0 Å². The van der Waals surface area contributed by atoms with E-state index < -0.39 is 0 Å². The van der Waals surface area contributed by atoms with Gasteiger partial charge in [-0.05, 0) is 42.3 Å². The highest BCUT2D eigenvalue weighted by molar-refractivity contribution is 6.32. The Morgan fingerprint density at radius 3 is 2.97 bits per heavy atom. The van der Waals surface area contributed by atoms with Crippen LogP contribution in [0.5, 0.6) is 5.75 Å². The molecule has 6 nitrogen and oxygen atoms in total. The van der Waals surface area contributed by atoms with Gasteiger partial charge >= 0.3 is 0 Å². The lowest BCUT2D eigenvalue weighted by Crippen LogP contribution is -2.28. The molecule has 8 heteroatoms. The molecule has 2 aliphatic rings. The second-order valence-corrected chi connectivity index (χ2v) is 7.95. The number of amides is 1. The maximum Gasteiger partial charge on any atom is 0.211 e. The molecule has 0 saturated carbocycles. The van der Waals surface area contributed by atoms with Gasteiger partial charge in [-0.1, -0.05) is 11.6 Å². The van der Waals surface area contributed by atoms with Crippen molar-refractivity contribution in [1.29, 1.82) is 0 Å². The molecule has 0 aliphatic carbocycles. The number of carbonyl (C=O) groups is 1. The topological polar surface area (TPSA) is 57.2 Å². The number of fused-ring (bicyclic) bond motifs is 2. The normalized spacial score (nSPS) is 16.6. The van der Waals surface area contributed by atoms with Crippen LogP contribution in [0.4, 0.5) is 15.8 Å². The predicted octanol–water partition coefficient (Wildman–Crippen LogP) is 3.70. The van der Waals surface area contributed by atoms with E-state index in [0.717, 1.165) is 41.0 Å². The third-order valence-electron chi connectivity index (χ3n) is 5.44. The largest absolute Gasteiger partial charge is 0.490 e. The van der Waals surface area contributed by atoms with E-state index in [0.29, 0.717) is 43.4 Å². The summed E-state index contributed by atoms with van der Waals surface area (Å²) in [7, 11) is 1.70. The molecule has 31 heavy (non-hydrogen) atoms. The molecule has 1 N–H and O–H groups in total. The standard InChI is InChI=1S/C23H24ClFN4O2/c1-26-11-16(12-27-15-30)13-28-6-7-31-23-18(14-28)9-20(10-21(23)24)29-5-4-17-8-19(25)2-3-22(17)29/h2-3,8-12,15H,4-7,13-14H2,1H3,(H,27,30)/b16-12+,26-11?. The van der Waals surface area contributed by atoms with Crippen LogP contribution in [0, 0.1) is 5.82 Å². The lowest BCUT2D eigenvalue weighted by Gasteiger charge is -2.23. The summed E-state index contributed by atoms with van der Waals surface area (Å²) in [6.45, 7) is 3.24. The Morgan fingerprint density at radius 1 is 1.29 bits per heavy atom. The summed E-state index contributed by atoms with van der Waals surface area (Å²) in [6.07, 6.45) is 4.80. The molecule has 0 aromatic heterocycles. The minimum atomic E-state index is -0.215. The van der Waals surface area contributed by atoms with Gasteiger partial charge in [0.15, 0.2) is 0 Å². The molecule has 0 bridgehead atoms. The first-order valence-electron chi connectivity index (χ1n) is 10.1. The molecule has 0 radical (unpaired) electrons. The quantitative estimate of drug-likeness (QED) is 0.547. The van der Waals surface area contributed by atoms with Crippen LogP contribution in [-0.4, -0.2) is 50.8 Å². The number of halogens is 2. The van der Waals surface area contributed by atoms with E-state index in [2.05, 4.69) is 26.2 Å². The van der Waals surface area contributed by atoms with E-state index in [9.17, 15) is 9.18 Å². The number of benzene rings is 2. The van der Waals surface area contributed by atoms with Gasteiger partial charge in [0.25, 0.3) is 0 Å². The fourth-order valence-electron chi connectivity index (χ4n) is 4.13. The van der Waals surface area contributed by atoms with Gasteiger partial charge in [-0.2, -0.15) is 0 Å². The van der Waals surface area contributed by atoms with Crippen LogP contribution in [0.1, 0.15) is 11.1 Å². The highest BCUT2D eigenvalue weighted by Crippen LogP contribution is 2.41. The van der Waals surface area contributed by atoms with E-state index >= 15 is 0 Å². The van der Waals surface area contributed by atoms with Gasteiger partial charge in [-0.3, -0.25) is 14.7 Å². The summed E-state index contributed by atoms with van der Waals surface area (Å²) in [5, 5.41) is 3.15. The molecule has 4 rings (SSSR count). The van der Waals surface area contributed by atoms with Crippen LogP contribution in [0.3, 0.4) is 0 Å². The highest BCUT2D eigenvalue weighted by atomic mass is 35.5. The van der Waals surface area contributed by atoms with E-state index in [1.54, 1.807) is 25.5 Å². The number of anilines is 2. The fraction of sp³-hybridized carbons (Fsp3) is 0.304. The van der Waals surface area contributed by atoms with Crippen molar-refractivity contribution in [3.8, 4) is 5.75 Å². The number of ether oxygens (including phenoxy) is 1. The average molecular weight is 443 g/mol. The Hall–Kier alpha value is -2.90. The maximum absolute atomic E-state index is 13.6. The first kappa shape index (κ1) is 21.3. The van der Waals surface area contributed by atoms with Crippen molar-refractivity contribution < 1.29 is 13.9 Å². The number of nitrogens with one attached hydrogen (secondary N) is 1. The molecule has 2 aromatic carbocycles. The minimum Gasteiger partial charge on any atom is -0.490 e. The molecular formula is C23H24ClFN4O2. The lowest BCUT2D eigenvalue weighted by atomic mass is 10.1. The van der Waals surface area contributed by atoms with Gasteiger partial charge in [0.1, 0.15) is 18.2 Å². The molecule has 0 spiro atoms. The van der Waals surface area contributed by atoms with Gasteiger partial charge in [-0.15, -0.1) is 0 Å². The first-order chi connectivity index (χ1) is 15.1. The molecule has 0 unspecified atom stereocenters. The first-order valence-corrected chi connectivity index (χ1v) is 10.5. The number of rotatable bonds is 6. The minimum absolute atomic E-state index is 0.215. The third kappa shape index (κ3) is 4.73. The van der Waals surface area contributed by atoms with E-state index in [1.165, 1.54) is 6.07 Å². The van der Waals surface area contributed by atoms with Crippen molar-refractivity contribution in [2.75, 3.05) is 38.2 Å². The molecule has 2 heterocycles. The Bertz CT molecular complexity index is 1040. The van der Waals surface area contributed by atoms with E-state index in [4.69, 9.17) is 16.3 Å². The highest BCUT2D eigenvalue weighted by Gasteiger charge is 2.25.